The van der Waals surface area contributed by atoms with Crippen LogP contribution in [0.4, 0.5) is 0 Å². The van der Waals surface area contributed by atoms with Gasteiger partial charge < -0.3 is 25.1 Å². The highest BCUT2D eigenvalue weighted by Gasteiger charge is 2.67. The van der Waals surface area contributed by atoms with E-state index in [0.29, 0.717) is 18.4 Å². The lowest BCUT2D eigenvalue weighted by molar-refractivity contribution is -0.219. The molecule has 4 saturated carbocycles. The third-order valence-electron chi connectivity index (χ3n) is 10.4. The zero-order chi connectivity index (χ0) is 24.1. The van der Waals surface area contributed by atoms with E-state index in [1.807, 2.05) is 27.1 Å². The number of aliphatic hydroxyl groups excluding tert-OH is 1. The van der Waals surface area contributed by atoms with Crippen molar-refractivity contribution in [3.05, 3.63) is 11.6 Å². The Balaban J connectivity index is 1.44. The molecule has 0 radical (unpaired) electrons. The molecule has 0 saturated heterocycles. The van der Waals surface area contributed by atoms with Crippen LogP contribution in [-0.4, -0.2) is 71.0 Å². The minimum atomic E-state index is -0.805. The molecule has 6 heteroatoms. The van der Waals surface area contributed by atoms with Crippen molar-refractivity contribution in [1.29, 1.82) is 0 Å². The van der Waals surface area contributed by atoms with Gasteiger partial charge in [0.25, 0.3) is 0 Å². The normalized spacial score (nSPS) is 48.0. The van der Waals surface area contributed by atoms with Crippen LogP contribution in [0, 0.1) is 28.6 Å². The molecule has 4 fully saturated rings. The minimum Gasteiger partial charge on any atom is -0.394 e. The van der Waals surface area contributed by atoms with Crippen molar-refractivity contribution in [2.75, 3.05) is 27.2 Å². The summed E-state index contributed by atoms with van der Waals surface area (Å²) in [5.41, 5.74) is -0.829. The van der Waals surface area contributed by atoms with Crippen LogP contribution in [0.3, 0.4) is 0 Å². The highest BCUT2D eigenvalue weighted by atomic mass is 16.6. The lowest BCUT2D eigenvalue weighted by atomic mass is 9.43. The highest BCUT2D eigenvalue weighted by Crippen LogP contribution is 2.68. The Morgan fingerprint density at radius 1 is 1.03 bits per heavy atom. The Labute approximate surface area is 200 Å². The predicted molar refractivity (Wildman–Crippen MR) is 131 cm³/mol. The van der Waals surface area contributed by atoms with Gasteiger partial charge in [0.2, 0.25) is 0 Å². The third-order valence-corrected chi connectivity index (χ3v) is 10.4. The van der Waals surface area contributed by atoms with E-state index in [1.165, 1.54) is 0 Å². The van der Waals surface area contributed by atoms with E-state index in [0.717, 1.165) is 69.9 Å². The van der Waals surface area contributed by atoms with Gasteiger partial charge in [-0.2, -0.15) is 0 Å². The van der Waals surface area contributed by atoms with E-state index < -0.39 is 11.2 Å². The topological polar surface area (TPSA) is 85.5 Å². The zero-order valence-corrected chi connectivity index (χ0v) is 21.4. The molecule has 4 rings (SSSR count). The molecule has 8 atom stereocenters. The summed E-state index contributed by atoms with van der Waals surface area (Å²) in [5, 5.41) is 38.1. The van der Waals surface area contributed by atoms with E-state index >= 15 is 0 Å². The molecule has 33 heavy (non-hydrogen) atoms. The second-order valence-corrected chi connectivity index (χ2v) is 12.5. The van der Waals surface area contributed by atoms with Gasteiger partial charge in [0, 0.05) is 12.0 Å². The van der Waals surface area contributed by atoms with Crippen LogP contribution in [0.15, 0.2) is 16.8 Å². The lowest BCUT2D eigenvalue weighted by Gasteiger charge is -2.64. The van der Waals surface area contributed by atoms with Crippen molar-refractivity contribution in [2.24, 2.45) is 33.7 Å². The van der Waals surface area contributed by atoms with Crippen LogP contribution in [0.5, 0.6) is 0 Å². The molecule has 188 valence electrons. The van der Waals surface area contributed by atoms with Crippen molar-refractivity contribution in [3.8, 4) is 0 Å². The molecule has 0 bridgehead atoms. The largest absolute Gasteiger partial charge is 0.394 e. The fourth-order valence-electron chi connectivity index (χ4n) is 8.20. The summed E-state index contributed by atoms with van der Waals surface area (Å²) in [7, 11) is 4.00. The number of allylic oxidation sites excluding steroid dienone is 1. The summed E-state index contributed by atoms with van der Waals surface area (Å²) < 4.78 is 0. The van der Waals surface area contributed by atoms with Gasteiger partial charge in [0.15, 0.2) is 0 Å². The van der Waals surface area contributed by atoms with E-state index in [1.54, 1.807) is 6.21 Å². The monoisotopic (exact) mass is 462 g/mol. The van der Waals surface area contributed by atoms with Crippen LogP contribution < -0.4 is 0 Å². The number of likely N-dealkylation sites (N-methyl/N-ethyl adjacent to an activating group) is 1. The predicted octanol–water partition coefficient (Wildman–Crippen LogP) is 3.75. The first kappa shape index (κ1) is 25.2. The summed E-state index contributed by atoms with van der Waals surface area (Å²) in [5.74, 6) is 1.19. The maximum atomic E-state index is 11.9. The van der Waals surface area contributed by atoms with Gasteiger partial charge in [-0.3, -0.25) is 0 Å². The van der Waals surface area contributed by atoms with Crippen LogP contribution in [0.1, 0.15) is 78.6 Å². The average Bonchev–Trinajstić information content (AvgIpc) is 2.98. The van der Waals surface area contributed by atoms with Crippen molar-refractivity contribution in [1.82, 2.24) is 4.90 Å². The summed E-state index contributed by atoms with van der Waals surface area (Å²) in [6.07, 6.45) is 11.3. The Hall–Kier alpha value is -0.950. The molecule has 0 amide bonds. The third kappa shape index (κ3) is 4.30. The van der Waals surface area contributed by atoms with Gasteiger partial charge in [0.05, 0.1) is 23.5 Å². The minimum absolute atomic E-state index is 0.144. The van der Waals surface area contributed by atoms with Gasteiger partial charge in [-0.05, 0) is 114 Å². The lowest BCUT2D eigenvalue weighted by Crippen LogP contribution is -2.63. The summed E-state index contributed by atoms with van der Waals surface area (Å²) in [6, 6.07) is 0. The Kier molecular flexibility index (Phi) is 6.80. The van der Waals surface area contributed by atoms with E-state index in [4.69, 9.17) is 4.84 Å². The summed E-state index contributed by atoms with van der Waals surface area (Å²) in [4.78, 5) is 7.37. The van der Waals surface area contributed by atoms with Gasteiger partial charge >= 0.3 is 0 Å². The maximum absolute atomic E-state index is 11.9. The summed E-state index contributed by atoms with van der Waals surface area (Å²) in [6.45, 7) is 7.88. The molecule has 4 aliphatic rings. The van der Waals surface area contributed by atoms with E-state index in [-0.39, 0.29) is 22.9 Å². The number of hydrogen-bond acceptors (Lipinski definition) is 6. The summed E-state index contributed by atoms with van der Waals surface area (Å²) >= 11 is 0. The quantitative estimate of drug-likeness (QED) is 0.318. The van der Waals surface area contributed by atoms with Crippen LogP contribution >= 0.6 is 0 Å². The van der Waals surface area contributed by atoms with Crippen molar-refractivity contribution in [2.45, 2.75) is 95.9 Å². The fraction of sp³-hybridized carbons (Fsp3) is 0.889. The first-order valence-corrected chi connectivity index (χ1v) is 13.1. The van der Waals surface area contributed by atoms with Crippen molar-refractivity contribution in [3.63, 3.8) is 0 Å². The molecule has 3 N–H and O–H groups in total. The SMILES string of the molecule is CC(C=NOCCN(C)C)=C[C@]1(O)CC[C@@]2(C)[C@H](CC[C@@H]3[C@@H]2CC[C@]2(C)[C@H](O)CC[C@]32O)C1. The molecule has 6 nitrogen and oxygen atoms in total. The van der Waals surface area contributed by atoms with Crippen molar-refractivity contribution >= 4 is 6.21 Å². The number of hydrogen-bond donors (Lipinski definition) is 3. The van der Waals surface area contributed by atoms with Crippen LogP contribution in [0.2, 0.25) is 0 Å². The second-order valence-electron chi connectivity index (χ2n) is 12.5. The molecule has 0 aromatic carbocycles. The second kappa shape index (κ2) is 8.92. The van der Waals surface area contributed by atoms with Crippen molar-refractivity contribution < 1.29 is 20.2 Å². The zero-order valence-electron chi connectivity index (χ0n) is 21.4. The molecular formula is C27H46N2O4. The van der Waals surface area contributed by atoms with E-state index in [2.05, 4.69) is 23.9 Å². The molecule has 0 aliphatic heterocycles. The van der Waals surface area contributed by atoms with E-state index in [9.17, 15) is 15.3 Å². The standard InChI is InChI=1S/C27H46N2O4/c1-19(18-28-33-15-14-29(4)5)16-26(31)13-12-24(2)20(17-26)6-7-22-21(24)8-10-25(3)23(30)9-11-27(22,25)32/h16,18,20-23,30-32H,6-15,17H2,1-5H3/t20-,21+,22-,23-,24+,25-,26-,27+/m1/s1. The molecular weight excluding hydrogens is 416 g/mol. The first-order valence-electron chi connectivity index (χ1n) is 13.1. The molecule has 0 heterocycles. The first-order chi connectivity index (χ1) is 15.4. The van der Waals surface area contributed by atoms with Gasteiger partial charge in [-0.25, -0.2) is 0 Å². The van der Waals surface area contributed by atoms with Gasteiger partial charge in [0.1, 0.15) is 6.61 Å². The number of fused-ring (bicyclic) bond motifs is 5. The fourth-order valence-corrected chi connectivity index (χ4v) is 8.20. The Bertz CT molecular complexity index is 784. The number of aliphatic hydroxyl groups is 3. The van der Waals surface area contributed by atoms with Gasteiger partial charge in [-0.1, -0.05) is 19.0 Å². The number of rotatable bonds is 6. The molecule has 0 spiro atoms. The number of oxime groups is 1. The Morgan fingerprint density at radius 2 is 1.79 bits per heavy atom. The molecule has 0 aromatic heterocycles. The molecule has 4 aliphatic carbocycles. The van der Waals surface area contributed by atoms with Gasteiger partial charge in [-0.15, -0.1) is 0 Å². The Morgan fingerprint density at radius 3 is 2.52 bits per heavy atom. The average molecular weight is 463 g/mol. The van der Waals surface area contributed by atoms with Crippen LogP contribution in [0.25, 0.3) is 0 Å². The number of nitrogens with zero attached hydrogens (tertiary/aromatic N) is 2. The highest BCUT2D eigenvalue weighted by molar-refractivity contribution is 5.77. The molecule has 0 aromatic rings. The van der Waals surface area contributed by atoms with Crippen LogP contribution in [-0.2, 0) is 4.84 Å². The molecule has 0 unspecified atom stereocenters. The smallest absolute Gasteiger partial charge is 0.129 e. The maximum Gasteiger partial charge on any atom is 0.129 e.